The van der Waals surface area contributed by atoms with Crippen molar-refractivity contribution in [2.75, 3.05) is 5.73 Å². The second-order valence-corrected chi connectivity index (χ2v) is 5.93. The van der Waals surface area contributed by atoms with E-state index in [0.29, 0.717) is 22.4 Å². The summed E-state index contributed by atoms with van der Waals surface area (Å²) in [5.74, 6) is 0. The summed E-state index contributed by atoms with van der Waals surface area (Å²) in [6.07, 6.45) is 4.72. The van der Waals surface area contributed by atoms with E-state index < -0.39 is 6.17 Å². The molecule has 2 rings (SSSR count). The number of aryl methyl sites for hydroxylation is 2. The Hall–Kier alpha value is -2.67. The van der Waals surface area contributed by atoms with Gasteiger partial charge >= 0.3 is 0 Å². The molecule has 0 amide bonds. The molecule has 0 aliphatic heterocycles. The van der Waals surface area contributed by atoms with Gasteiger partial charge in [-0.05, 0) is 55.5 Å². The molecule has 1 atom stereocenters. The predicted molar refractivity (Wildman–Crippen MR) is 96.2 cm³/mol. The summed E-state index contributed by atoms with van der Waals surface area (Å²) in [7, 11) is 0. The quantitative estimate of drug-likeness (QED) is 0.859. The Labute approximate surface area is 142 Å². The normalized spacial score (nSPS) is 12.8. The first-order valence-corrected chi connectivity index (χ1v) is 8.00. The number of nitrogens with zero attached hydrogens (tertiary/aromatic N) is 2. The Balaban J connectivity index is 2.77. The van der Waals surface area contributed by atoms with Crippen molar-refractivity contribution in [3.8, 4) is 6.07 Å². The lowest BCUT2D eigenvalue weighted by molar-refractivity contribution is 0.374. The van der Waals surface area contributed by atoms with Gasteiger partial charge in [-0.25, -0.2) is 4.39 Å². The van der Waals surface area contributed by atoms with Crippen LogP contribution in [0, 0.1) is 25.2 Å². The summed E-state index contributed by atoms with van der Waals surface area (Å²) in [6.45, 7) is 7.40. The highest BCUT2D eigenvalue weighted by atomic mass is 19.1. The van der Waals surface area contributed by atoms with Gasteiger partial charge in [0, 0.05) is 17.3 Å². The summed E-state index contributed by atoms with van der Waals surface area (Å²) >= 11 is 0. The van der Waals surface area contributed by atoms with E-state index in [1.165, 1.54) is 13.1 Å². The molecular formula is C20H22FN3. The molecule has 3 nitrogen and oxygen atoms in total. The second kappa shape index (κ2) is 7.27. The van der Waals surface area contributed by atoms with Crippen LogP contribution in [0.3, 0.4) is 0 Å². The maximum absolute atomic E-state index is 14.2. The van der Waals surface area contributed by atoms with Gasteiger partial charge in [-0.1, -0.05) is 19.1 Å². The molecule has 1 aromatic carbocycles. The number of aromatic nitrogens is 1. The van der Waals surface area contributed by atoms with Gasteiger partial charge in [0.05, 0.1) is 23.5 Å². The molecule has 1 aromatic heterocycles. The minimum absolute atomic E-state index is 0.342. The summed E-state index contributed by atoms with van der Waals surface area (Å²) in [4.78, 5) is 4.15. The molecule has 0 aliphatic carbocycles. The number of pyridine rings is 1. The Bertz CT molecular complexity index is 830. The molecule has 2 aromatic rings. The Morgan fingerprint density at radius 1 is 1.29 bits per heavy atom. The van der Waals surface area contributed by atoms with Gasteiger partial charge in [-0.2, -0.15) is 5.26 Å². The van der Waals surface area contributed by atoms with E-state index in [1.54, 1.807) is 6.20 Å². The minimum Gasteiger partial charge on any atom is -0.397 e. The third kappa shape index (κ3) is 3.30. The van der Waals surface area contributed by atoms with Crippen LogP contribution in [0.25, 0.3) is 5.57 Å². The van der Waals surface area contributed by atoms with Gasteiger partial charge in [0.25, 0.3) is 0 Å². The first-order valence-electron chi connectivity index (χ1n) is 8.00. The average Bonchev–Trinajstić information content (AvgIpc) is 2.52. The third-order valence-corrected chi connectivity index (χ3v) is 4.10. The molecule has 0 bridgehead atoms. The van der Waals surface area contributed by atoms with Crippen LogP contribution in [-0.4, -0.2) is 4.98 Å². The van der Waals surface area contributed by atoms with Gasteiger partial charge in [-0.15, -0.1) is 0 Å². The number of nitrogens with two attached hydrogens (primary N) is 1. The fourth-order valence-electron chi connectivity index (χ4n) is 2.98. The summed E-state index contributed by atoms with van der Waals surface area (Å²) in [6, 6.07) is 6.06. The average molecular weight is 323 g/mol. The van der Waals surface area contributed by atoms with Crippen molar-refractivity contribution in [2.24, 2.45) is 0 Å². The zero-order valence-corrected chi connectivity index (χ0v) is 14.5. The smallest absolute Gasteiger partial charge is 0.125 e. The number of allylic oxidation sites excluding steroid dienone is 1. The SMILES string of the molecule is CC/C=C(\c1cc(C#N)c(C)cc1C)c1cncc(N)c1C(C)F. The van der Waals surface area contributed by atoms with E-state index in [9.17, 15) is 9.65 Å². The standard InChI is InChI=1S/C20H22FN3/c1-5-6-16(17-8-15(9-22)12(2)7-13(17)3)18-10-24-11-19(23)20(18)14(4)21/h6-8,10-11,14H,5,23H2,1-4H3/b16-6+. The first-order chi connectivity index (χ1) is 11.4. The van der Waals surface area contributed by atoms with E-state index in [2.05, 4.69) is 11.1 Å². The number of halogens is 1. The largest absolute Gasteiger partial charge is 0.397 e. The number of hydrogen-bond acceptors (Lipinski definition) is 3. The molecule has 1 heterocycles. The van der Waals surface area contributed by atoms with Gasteiger partial charge in [0.15, 0.2) is 0 Å². The highest BCUT2D eigenvalue weighted by Gasteiger charge is 2.19. The van der Waals surface area contributed by atoms with Gasteiger partial charge in [0.1, 0.15) is 6.17 Å². The molecule has 124 valence electrons. The van der Waals surface area contributed by atoms with Crippen molar-refractivity contribution in [3.63, 3.8) is 0 Å². The molecule has 2 N–H and O–H groups in total. The van der Waals surface area contributed by atoms with Crippen molar-refractivity contribution in [1.29, 1.82) is 5.26 Å². The van der Waals surface area contributed by atoms with Crippen LogP contribution in [0.4, 0.5) is 10.1 Å². The van der Waals surface area contributed by atoms with Crippen LogP contribution in [0.5, 0.6) is 0 Å². The molecule has 0 fully saturated rings. The second-order valence-electron chi connectivity index (χ2n) is 5.93. The van der Waals surface area contributed by atoms with Crippen molar-refractivity contribution in [1.82, 2.24) is 4.98 Å². The molecule has 0 spiro atoms. The van der Waals surface area contributed by atoms with Gasteiger partial charge in [0.2, 0.25) is 0 Å². The van der Waals surface area contributed by atoms with E-state index in [0.717, 1.165) is 28.7 Å². The fraction of sp³-hybridized carbons (Fsp3) is 0.300. The minimum atomic E-state index is -1.20. The number of nitriles is 1. The first kappa shape index (κ1) is 17.7. The predicted octanol–water partition coefficient (Wildman–Crippen LogP) is 5.02. The third-order valence-electron chi connectivity index (χ3n) is 4.10. The van der Waals surface area contributed by atoms with Crippen LogP contribution in [-0.2, 0) is 0 Å². The highest BCUT2D eigenvalue weighted by molar-refractivity contribution is 5.85. The van der Waals surface area contributed by atoms with Crippen LogP contribution >= 0.6 is 0 Å². The molecule has 24 heavy (non-hydrogen) atoms. The number of nitrogen functional groups attached to an aromatic ring is 1. The zero-order valence-electron chi connectivity index (χ0n) is 14.5. The Kier molecular flexibility index (Phi) is 5.35. The van der Waals surface area contributed by atoms with Crippen LogP contribution in [0.2, 0.25) is 0 Å². The topological polar surface area (TPSA) is 62.7 Å². The number of benzene rings is 1. The lowest BCUT2D eigenvalue weighted by atomic mass is 9.88. The van der Waals surface area contributed by atoms with E-state index in [-0.39, 0.29) is 0 Å². The van der Waals surface area contributed by atoms with Crippen LogP contribution in [0.1, 0.15) is 59.8 Å². The fourth-order valence-corrected chi connectivity index (χ4v) is 2.98. The van der Waals surface area contributed by atoms with Crippen molar-refractivity contribution >= 4 is 11.3 Å². The Morgan fingerprint density at radius 2 is 2.00 bits per heavy atom. The maximum atomic E-state index is 14.2. The molecule has 4 heteroatoms. The Morgan fingerprint density at radius 3 is 2.58 bits per heavy atom. The number of hydrogen-bond donors (Lipinski definition) is 1. The molecule has 0 saturated heterocycles. The zero-order chi connectivity index (χ0) is 17.9. The number of anilines is 1. The molecule has 1 unspecified atom stereocenters. The van der Waals surface area contributed by atoms with E-state index in [1.807, 2.05) is 39.0 Å². The van der Waals surface area contributed by atoms with Crippen molar-refractivity contribution in [3.05, 3.63) is 64.0 Å². The van der Waals surface area contributed by atoms with Gasteiger partial charge < -0.3 is 5.73 Å². The summed E-state index contributed by atoms with van der Waals surface area (Å²) in [5, 5.41) is 9.34. The van der Waals surface area contributed by atoms with Crippen LogP contribution in [0.15, 0.2) is 30.6 Å². The lowest BCUT2D eigenvalue weighted by Gasteiger charge is -2.18. The summed E-state index contributed by atoms with van der Waals surface area (Å²) in [5.41, 5.74) is 11.8. The van der Waals surface area contributed by atoms with Crippen molar-refractivity contribution < 1.29 is 4.39 Å². The van der Waals surface area contributed by atoms with Crippen LogP contribution < -0.4 is 5.73 Å². The maximum Gasteiger partial charge on any atom is 0.125 e. The van der Waals surface area contributed by atoms with Gasteiger partial charge in [-0.3, -0.25) is 4.98 Å². The molecular weight excluding hydrogens is 301 g/mol. The molecule has 0 saturated carbocycles. The monoisotopic (exact) mass is 323 g/mol. The summed E-state index contributed by atoms with van der Waals surface area (Å²) < 4.78 is 14.2. The molecule has 0 radical (unpaired) electrons. The lowest BCUT2D eigenvalue weighted by Crippen LogP contribution is -2.04. The number of alkyl halides is 1. The van der Waals surface area contributed by atoms with E-state index in [4.69, 9.17) is 5.73 Å². The molecule has 0 aliphatic rings. The van der Waals surface area contributed by atoms with Crippen molar-refractivity contribution in [2.45, 2.75) is 40.3 Å². The number of rotatable bonds is 4. The van der Waals surface area contributed by atoms with E-state index >= 15 is 0 Å². The highest BCUT2D eigenvalue weighted by Crippen LogP contribution is 2.36.